The quantitative estimate of drug-likeness (QED) is 0.175. The predicted molar refractivity (Wildman–Crippen MR) is 157 cm³/mol. The molecule has 1 saturated heterocycles. The van der Waals surface area contributed by atoms with Crippen LogP contribution in [0.25, 0.3) is 0 Å². The highest BCUT2D eigenvalue weighted by molar-refractivity contribution is 7.99. The van der Waals surface area contributed by atoms with Crippen molar-refractivity contribution >= 4 is 35.4 Å². The van der Waals surface area contributed by atoms with Crippen LogP contribution in [0.3, 0.4) is 0 Å². The number of nitrogens with one attached hydrogen (secondary N) is 2. The van der Waals surface area contributed by atoms with Gasteiger partial charge in [-0.15, -0.1) is 11.8 Å². The SMILES string of the molecule is CCOC(=O)CNC(=O)Nc1cccc([C@H]2O[C@@H](CSc3ccc(C(=O)O)cc3)[C@@H](C)[C@@H](c3ccc(CO)cc3)O2)c1. The smallest absolute Gasteiger partial charge is 0.335 e. The molecule has 0 unspecified atom stereocenters. The van der Waals surface area contributed by atoms with Gasteiger partial charge in [0.15, 0.2) is 6.29 Å². The minimum atomic E-state index is -0.973. The van der Waals surface area contributed by atoms with Crippen LogP contribution in [0.15, 0.2) is 77.7 Å². The molecular weight excluding hydrogens is 560 g/mol. The Morgan fingerprint density at radius 2 is 1.71 bits per heavy atom. The molecule has 0 aliphatic carbocycles. The summed E-state index contributed by atoms with van der Waals surface area (Å²) in [6.45, 7) is 3.68. The molecule has 3 aromatic carbocycles. The maximum atomic E-state index is 12.3. The molecule has 11 heteroatoms. The second-order valence-corrected chi connectivity index (χ2v) is 10.8. The van der Waals surface area contributed by atoms with Gasteiger partial charge in [-0.25, -0.2) is 9.59 Å². The lowest BCUT2D eigenvalue weighted by Gasteiger charge is -2.41. The Morgan fingerprint density at radius 3 is 2.38 bits per heavy atom. The molecule has 1 aliphatic heterocycles. The monoisotopic (exact) mass is 594 g/mol. The summed E-state index contributed by atoms with van der Waals surface area (Å²) in [5, 5.41) is 23.8. The standard InChI is InChI=1S/C31H34N2O8S/c1-3-39-27(35)16-32-31(38)33-24-6-4-5-23(15-24)30-40-26(18-42-25-13-11-22(12-14-25)29(36)37)19(2)28(41-30)21-9-7-20(17-34)8-10-21/h4-15,19,26,28,30,34H,3,16-18H2,1-2H3,(H,36,37)(H2,32,33,38)/t19-,26+,28+,30+/m1/s1. The second-order valence-electron chi connectivity index (χ2n) is 9.70. The summed E-state index contributed by atoms with van der Waals surface area (Å²) in [4.78, 5) is 36.0. The number of anilines is 1. The first-order valence-corrected chi connectivity index (χ1v) is 14.5. The molecule has 0 spiro atoms. The number of aromatic carboxylic acids is 1. The van der Waals surface area contributed by atoms with Gasteiger partial charge in [-0.05, 0) is 54.4 Å². The highest BCUT2D eigenvalue weighted by atomic mass is 32.2. The molecule has 0 aromatic heterocycles. The minimum Gasteiger partial charge on any atom is -0.478 e. The lowest BCUT2D eigenvalue weighted by atomic mass is 9.91. The molecule has 1 aliphatic rings. The molecule has 1 fully saturated rings. The van der Waals surface area contributed by atoms with E-state index in [0.717, 1.165) is 16.0 Å². The van der Waals surface area contributed by atoms with E-state index in [9.17, 15) is 24.6 Å². The second kappa shape index (κ2) is 14.8. The predicted octanol–water partition coefficient (Wildman–Crippen LogP) is 5.15. The maximum Gasteiger partial charge on any atom is 0.335 e. The molecule has 0 saturated carbocycles. The normalized spacial score (nSPS) is 20.0. The third-order valence-electron chi connectivity index (χ3n) is 6.75. The van der Waals surface area contributed by atoms with Gasteiger partial charge in [0, 0.05) is 27.8 Å². The molecule has 0 bridgehead atoms. The number of hydrogen-bond donors (Lipinski definition) is 4. The summed E-state index contributed by atoms with van der Waals surface area (Å²) in [5.74, 6) is -0.951. The number of benzene rings is 3. The summed E-state index contributed by atoms with van der Waals surface area (Å²) in [7, 11) is 0. The number of amides is 2. The number of esters is 1. The van der Waals surface area contributed by atoms with E-state index in [1.165, 1.54) is 0 Å². The highest BCUT2D eigenvalue weighted by Gasteiger charge is 2.38. The van der Waals surface area contributed by atoms with E-state index in [1.807, 2.05) is 30.3 Å². The highest BCUT2D eigenvalue weighted by Crippen LogP contribution is 2.43. The van der Waals surface area contributed by atoms with Crippen molar-refractivity contribution in [1.29, 1.82) is 0 Å². The lowest BCUT2D eigenvalue weighted by molar-refractivity contribution is -0.268. The van der Waals surface area contributed by atoms with Gasteiger partial charge in [0.05, 0.1) is 31.0 Å². The van der Waals surface area contributed by atoms with Crippen molar-refractivity contribution in [3.8, 4) is 0 Å². The molecule has 0 radical (unpaired) electrons. The number of carboxylic acid groups (broad SMARTS) is 1. The molecule has 4 atom stereocenters. The van der Waals surface area contributed by atoms with E-state index in [1.54, 1.807) is 61.2 Å². The zero-order valence-corrected chi connectivity index (χ0v) is 24.1. The molecule has 222 valence electrons. The molecule has 1 heterocycles. The van der Waals surface area contributed by atoms with Crippen LogP contribution in [0.5, 0.6) is 0 Å². The number of ether oxygens (including phenoxy) is 3. The summed E-state index contributed by atoms with van der Waals surface area (Å²) < 4.78 is 17.8. The Labute approximate surface area is 248 Å². The van der Waals surface area contributed by atoms with Gasteiger partial charge in [-0.3, -0.25) is 4.79 Å². The van der Waals surface area contributed by atoms with Gasteiger partial charge in [0.25, 0.3) is 0 Å². The number of rotatable bonds is 11. The van der Waals surface area contributed by atoms with Gasteiger partial charge in [-0.2, -0.15) is 0 Å². The zero-order valence-electron chi connectivity index (χ0n) is 23.3. The number of aliphatic hydroxyl groups excluding tert-OH is 1. The Bertz CT molecular complexity index is 1370. The molecule has 2 amide bonds. The number of carbonyl (C=O) groups is 3. The minimum absolute atomic E-state index is 0.0398. The Morgan fingerprint density at radius 1 is 0.976 bits per heavy atom. The average molecular weight is 595 g/mol. The molecule has 10 nitrogen and oxygen atoms in total. The van der Waals surface area contributed by atoms with Crippen LogP contribution in [0.1, 0.15) is 53.3 Å². The third kappa shape index (κ3) is 8.32. The van der Waals surface area contributed by atoms with E-state index in [2.05, 4.69) is 17.6 Å². The van der Waals surface area contributed by atoms with Crippen LogP contribution in [0.2, 0.25) is 0 Å². The fourth-order valence-corrected chi connectivity index (χ4v) is 5.55. The van der Waals surface area contributed by atoms with Gasteiger partial charge in [0.2, 0.25) is 0 Å². The first-order valence-electron chi connectivity index (χ1n) is 13.5. The lowest BCUT2D eigenvalue weighted by Crippen LogP contribution is -2.38. The molecular formula is C31H34N2O8S. The third-order valence-corrected chi connectivity index (χ3v) is 7.85. The van der Waals surface area contributed by atoms with Gasteiger partial charge >= 0.3 is 18.0 Å². The van der Waals surface area contributed by atoms with Crippen LogP contribution >= 0.6 is 11.8 Å². The van der Waals surface area contributed by atoms with Crippen LogP contribution in [-0.2, 0) is 25.6 Å². The maximum absolute atomic E-state index is 12.3. The van der Waals surface area contributed by atoms with Crippen LogP contribution in [0, 0.1) is 5.92 Å². The number of carbonyl (C=O) groups excluding carboxylic acids is 2. The van der Waals surface area contributed by atoms with Gasteiger partial charge in [0.1, 0.15) is 6.54 Å². The van der Waals surface area contributed by atoms with Crippen LogP contribution < -0.4 is 10.6 Å². The summed E-state index contributed by atoms with van der Waals surface area (Å²) in [6.07, 6.45) is -1.30. The van der Waals surface area contributed by atoms with Crippen molar-refractivity contribution in [1.82, 2.24) is 5.32 Å². The van der Waals surface area contributed by atoms with E-state index < -0.39 is 24.3 Å². The fraction of sp³-hybridized carbons (Fsp3) is 0.323. The van der Waals surface area contributed by atoms with Crippen molar-refractivity contribution in [2.45, 2.75) is 43.8 Å². The first-order chi connectivity index (χ1) is 20.3. The molecule has 4 N–H and O–H groups in total. The molecule has 4 rings (SSSR count). The van der Waals surface area contributed by atoms with Crippen molar-refractivity contribution in [2.24, 2.45) is 5.92 Å². The summed E-state index contributed by atoms with van der Waals surface area (Å²) in [5.41, 5.74) is 3.16. The van der Waals surface area contributed by atoms with Crippen LogP contribution in [0.4, 0.5) is 10.5 Å². The fourth-order valence-electron chi connectivity index (χ4n) is 4.48. The molecule has 3 aromatic rings. The van der Waals surface area contributed by atoms with Gasteiger partial charge < -0.3 is 35.1 Å². The Kier molecular flexibility index (Phi) is 11.0. The largest absolute Gasteiger partial charge is 0.478 e. The van der Waals surface area contributed by atoms with Crippen molar-refractivity contribution in [3.05, 3.63) is 95.1 Å². The Hall–Kier alpha value is -3.90. The number of urea groups is 1. The summed E-state index contributed by atoms with van der Waals surface area (Å²) >= 11 is 1.56. The summed E-state index contributed by atoms with van der Waals surface area (Å²) in [6, 6.07) is 20.9. The van der Waals surface area contributed by atoms with Crippen LogP contribution in [-0.4, -0.2) is 53.2 Å². The topological polar surface area (TPSA) is 143 Å². The average Bonchev–Trinajstić information content (AvgIpc) is 3.00. The molecule has 42 heavy (non-hydrogen) atoms. The van der Waals surface area contributed by atoms with Crippen molar-refractivity contribution in [3.63, 3.8) is 0 Å². The number of carboxylic acids is 1. The van der Waals surface area contributed by atoms with Crippen molar-refractivity contribution < 1.29 is 38.8 Å². The van der Waals surface area contributed by atoms with E-state index in [4.69, 9.17) is 14.2 Å². The van der Waals surface area contributed by atoms with E-state index >= 15 is 0 Å². The Balaban J connectivity index is 1.51. The van der Waals surface area contributed by atoms with E-state index in [0.29, 0.717) is 17.0 Å². The number of aliphatic hydroxyl groups is 1. The van der Waals surface area contributed by atoms with E-state index in [-0.39, 0.29) is 43.4 Å². The number of hydrogen-bond acceptors (Lipinski definition) is 8. The van der Waals surface area contributed by atoms with Gasteiger partial charge in [-0.1, -0.05) is 43.3 Å². The first kappa shape index (κ1) is 31.0. The van der Waals surface area contributed by atoms with Crippen molar-refractivity contribution in [2.75, 3.05) is 24.2 Å². The number of thioether (sulfide) groups is 1. The zero-order chi connectivity index (χ0) is 30.1.